The van der Waals surface area contributed by atoms with E-state index < -0.39 is 14.9 Å². The van der Waals surface area contributed by atoms with Crippen LogP contribution in [0.25, 0.3) is 0 Å². The van der Waals surface area contributed by atoms with Crippen molar-refractivity contribution in [1.29, 1.82) is 0 Å². The van der Waals surface area contributed by atoms with Crippen LogP contribution < -0.4 is 0 Å². The molecule has 0 aliphatic rings. The smallest absolute Gasteiger partial charge is 0.212 e. The van der Waals surface area contributed by atoms with Crippen LogP contribution in [0.1, 0.15) is 5.56 Å². The molecule has 14 heavy (non-hydrogen) atoms. The highest BCUT2D eigenvalue weighted by Gasteiger charge is 2.11. The molecule has 1 aromatic carbocycles. The van der Waals surface area contributed by atoms with Gasteiger partial charge in [0.1, 0.15) is 5.82 Å². The van der Waals surface area contributed by atoms with Gasteiger partial charge in [-0.25, -0.2) is 12.8 Å². The van der Waals surface area contributed by atoms with Crippen molar-refractivity contribution in [3.8, 4) is 0 Å². The topological polar surface area (TPSA) is 34.1 Å². The summed E-state index contributed by atoms with van der Waals surface area (Å²) in [5, 5.41) is 0. The lowest BCUT2D eigenvalue weighted by Crippen LogP contribution is -1.97. The van der Waals surface area contributed by atoms with Crippen LogP contribution in [0.4, 0.5) is 4.39 Å². The normalized spacial score (nSPS) is 11.6. The molecule has 0 atom stereocenters. The van der Waals surface area contributed by atoms with Crippen molar-refractivity contribution in [2.24, 2.45) is 0 Å². The van der Waals surface area contributed by atoms with Crippen molar-refractivity contribution in [1.82, 2.24) is 0 Å². The fraction of sp³-hybridized carbons (Fsp3) is 0.250. The van der Waals surface area contributed by atoms with Crippen molar-refractivity contribution < 1.29 is 12.8 Å². The highest BCUT2D eigenvalue weighted by atomic mass is 35.7. The summed E-state index contributed by atoms with van der Waals surface area (Å²) in [6.45, 7) is 0. The number of thioether (sulfide) groups is 1. The van der Waals surface area contributed by atoms with E-state index >= 15 is 0 Å². The van der Waals surface area contributed by atoms with Gasteiger partial charge in [-0.1, -0.05) is 0 Å². The molecular weight excluding hydrogens is 247 g/mol. The van der Waals surface area contributed by atoms with Gasteiger partial charge in [-0.05, 0) is 30.0 Å². The number of hydrogen-bond acceptors (Lipinski definition) is 3. The van der Waals surface area contributed by atoms with Crippen LogP contribution in [-0.4, -0.2) is 14.7 Å². The Morgan fingerprint density at radius 3 is 2.64 bits per heavy atom. The first-order valence-electron chi connectivity index (χ1n) is 3.67. The number of halogens is 2. The van der Waals surface area contributed by atoms with E-state index in [4.69, 9.17) is 10.7 Å². The van der Waals surface area contributed by atoms with Gasteiger partial charge >= 0.3 is 0 Å². The summed E-state index contributed by atoms with van der Waals surface area (Å²) in [6, 6.07) is 4.01. The molecule has 1 aromatic rings. The third kappa shape index (κ3) is 3.48. The van der Waals surface area contributed by atoms with Crippen molar-refractivity contribution in [3.63, 3.8) is 0 Å². The Morgan fingerprint density at radius 2 is 2.14 bits per heavy atom. The van der Waals surface area contributed by atoms with E-state index in [1.807, 2.05) is 0 Å². The van der Waals surface area contributed by atoms with Crippen molar-refractivity contribution >= 4 is 31.5 Å². The maximum atomic E-state index is 12.8. The molecule has 0 N–H and O–H groups in total. The van der Waals surface area contributed by atoms with Crippen molar-refractivity contribution in [2.45, 2.75) is 10.6 Å². The van der Waals surface area contributed by atoms with E-state index in [0.717, 1.165) is 4.90 Å². The van der Waals surface area contributed by atoms with Crippen LogP contribution in [0, 0.1) is 5.82 Å². The Balaban J connectivity index is 3.11. The number of rotatable bonds is 3. The number of hydrogen-bond donors (Lipinski definition) is 0. The maximum absolute atomic E-state index is 12.8. The van der Waals surface area contributed by atoms with Crippen LogP contribution in [0.2, 0.25) is 0 Å². The van der Waals surface area contributed by atoms with Crippen LogP contribution in [0.5, 0.6) is 0 Å². The summed E-state index contributed by atoms with van der Waals surface area (Å²) < 4.78 is 34.4. The monoisotopic (exact) mass is 254 g/mol. The molecule has 1 rings (SSSR count). The fourth-order valence-corrected chi connectivity index (χ4v) is 2.70. The van der Waals surface area contributed by atoms with Gasteiger partial charge < -0.3 is 0 Å². The van der Waals surface area contributed by atoms with E-state index in [1.54, 1.807) is 6.26 Å². The van der Waals surface area contributed by atoms with E-state index in [-0.39, 0.29) is 5.75 Å². The highest BCUT2D eigenvalue weighted by Crippen LogP contribution is 2.24. The second-order valence-electron chi connectivity index (χ2n) is 2.64. The molecule has 78 valence electrons. The van der Waals surface area contributed by atoms with Gasteiger partial charge in [0.15, 0.2) is 0 Å². The molecule has 0 aromatic heterocycles. The van der Waals surface area contributed by atoms with E-state index in [0.29, 0.717) is 5.56 Å². The second kappa shape index (κ2) is 4.51. The van der Waals surface area contributed by atoms with Crippen LogP contribution in [0.15, 0.2) is 23.1 Å². The largest absolute Gasteiger partial charge is 0.236 e. The molecule has 6 heteroatoms. The Hall–Kier alpha value is -0.260. The third-order valence-electron chi connectivity index (χ3n) is 1.57. The first kappa shape index (κ1) is 11.8. The molecule has 0 heterocycles. The number of benzene rings is 1. The van der Waals surface area contributed by atoms with Crippen LogP contribution >= 0.6 is 22.4 Å². The lowest BCUT2D eigenvalue weighted by atomic mass is 10.2. The molecule has 0 fully saturated rings. The molecule has 0 bridgehead atoms. The Morgan fingerprint density at radius 1 is 1.50 bits per heavy atom. The van der Waals surface area contributed by atoms with E-state index in [2.05, 4.69) is 0 Å². The molecular formula is C8H8ClFO2S2. The summed E-state index contributed by atoms with van der Waals surface area (Å²) in [6.07, 6.45) is 1.79. The summed E-state index contributed by atoms with van der Waals surface area (Å²) in [5.41, 5.74) is 0.396. The Bertz CT molecular complexity index is 431. The zero-order chi connectivity index (χ0) is 10.8. The minimum atomic E-state index is -3.63. The molecule has 0 spiro atoms. The maximum Gasteiger partial charge on any atom is 0.236 e. The first-order valence-corrected chi connectivity index (χ1v) is 7.37. The van der Waals surface area contributed by atoms with Gasteiger partial charge in [0.05, 0.1) is 5.75 Å². The first-order chi connectivity index (χ1) is 6.42. The highest BCUT2D eigenvalue weighted by molar-refractivity contribution is 8.13. The predicted molar refractivity (Wildman–Crippen MR) is 56.7 cm³/mol. The molecule has 0 radical (unpaired) electrons. The van der Waals surface area contributed by atoms with Crippen molar-refractivity contribution in [3.05, 3.63) is 29.6 Å². The van der Waals surface area contributed by atoms with Gasteiger partial charge in [0.2, 0.25) is 9.05 Å². The lowest BCUT2D eigenvalue weighted by molar-refractivity contribution is 0.607. The average Bonchev–Trinajstić information content (AvgIpc) is 2.01. The molecule has 2 nitrogen and oxygen atoms in total. The Labute approximate surface area is 90.9 Å². The quantitative estimate of drug-likeness (QED) is 0.614. The van der Waals surface area contributed by atoms with Gasteiger partial charge in [-0.2, -0.15) is 0 Å². The zero-order valence-corrected chi connectivity index (χ0v) is 9.72. The van der Waals surface area contributed by atoms with Gasteiger partial charge in [-0.3, -0.25) is 0 Å². The fourth-order valence-electron chi connectivity index (χ4n) is 1.05. The van der Waals surface area contributed by atoms with Gasteiger partial charge in [0, 0.05) is 15.6 Å². The molecule has 0 aliphatic heterocycles. The van der Waals surface area contributed by atoms with E-state index in [1.165, 1.54) is 30.0 Å². The SMILES string of the molecule is CSc1ccc(F)cc1CS(=O)(=O)Cl. The Kier molecular flexibility index (Phi) is 3.80. The van der Waals surface area contributed by atoms with Gasteiger partial charge in [0.25, 0.3) is 0 Å². The molecule has 0 saturated carbocycles. The molecule has 0 amide bonds. The molecule has 0 aliphatic carbocycles. The zero-order valence-electron chi connectivity index (χ0n) is 7.33. The molecule has 0 saturated heterocycles. The van der Waals surface area contributed by atoms with E-state index in [9.17, 15) is 12.8 Å². The van der Waals surface area contributed by atoms with Crippen LogP contribution in [0.3, 0.4) is 0 Å². The minimum absolute atomic E-state index is 0.345. The van der Waals surface area contributed by atoms with Crippen molar-refractivity contribution in [2.75, 3.05) is 6.26 Å². The summed E-state index contributed by atoms with van der Waals surface area (Å²) in [7, 11) is 1.46. The summed E-state index contributed by atoms with van der Waals surface area (Å²) >= 11 is 1.36. The third-order valence-corrected chi connectivity index (χ3v) is 3.39. The standard InChI is InChI=1S/C8H8ClFO2S2/c1-13-8-3-2-7(10)4-6(8)5-14(9,11)12/h2-4H,5H2,1H3. The van der Waals surface area contributed by atoms with Crippen LogP contribution in [-0.2, 0) is 14.8 Å². The lowest BCUT2D eigenvalue weighted by Gasteiger charge is -2.04. The minimum Gasteiger partial charge on any atom is -0.212 e. The predicted octanol–water partition coefficient (Wildman–Crippen LogP) is 2.62. The molecule has 0 unspecified atom stereocenters. The average molecular weight is 255 g/mol. The summed E-state index contributed by atoms with van der Waals surface area (Å²) in [5.74, 6) is -0.805. The van der Waals surface area contributed by atoms with Gasteiger partial charge in [-0.15, -0.1) is 11.8 Å². The second-order valence-corrected chi connectivity index (χ2v) is 6.26. The summed E-state index contributed by atoms with van der Waals surface area (Å²) in [4.78, 5) is 0.718.